The third-order valence-corrected chi connectivity index (χ3v) is 4.92. The molecule has 1 aliphatic heterocycles. The molecule has 2 aromatic rings. The molecule has 0 aliphatic carbocycles. The summed E-state index contributed by atoms with van der Waals surface area (Å²) in [6.07, 6.45) is 1.10. The normalized spacial score (nSPS) is 15.4. The molecular weight excluding hydrogens is 454 g/mol. The summed E-state index contributed by atoms with van der Waals surface area (Å²) in [6.45, 7) is 5.66. The number of hydrogen-bond acceptors (Lipinski definition) is 2. The van der Waals surface area contributed by atoms with Gasteiger partial charge in [-0.15, -0.1) is 24.0 Å². The third-order valence-electron chi connectivity index (χ3n) is 4.92. The van der Waals surface area contributed by atoms with Crippen molar-refractivity contribution in [2.75, 3.05) is 20.1 Å². The van der Waals surface area contributed by atoms with Gasteiger partial charge in [0.25, 0.3) is 0 Å². The highest BCUT2D eigenvalue weighted by Crippen LogP contribution is 2.19. The maximum atomic E-state index is 13.3. The number of hydrogen-bond donors (Lipinski definition) is 2. The summed E-state index contributed by atoms with van der Waals surface area (Å²) in [7, 11) is 1.75. The monoisotopic (exact) mass is 482 g/mol. The molecule has 1 aliphatic rings. The molecule has 1 heterocycles. The molecule has 0 radical (unpaired) electrons. The summed E-state index contributed by atoms with van der Waals surface area (Å²) in [5.41, 5.74) is 3.80. The van der Waals surface area contributed by atoms with E-state index in [2.05, 4.69) is 51.7 Å². The van der Waals surface area contributed by atoms with Crippen molar-refractivity contribution in [1.29, 1.82) is 0 Å². The van der Waals surface area contributed by atoms with E-state index in [-0.39, 0.29) is 29.8 Å². The molecule has 2 N–H and O–H groups in total. The van der Waals surface area contributed by atoms with E-state index in [9.17, 15) is 4.39 Å². The van der Waals surface area contributed by atoms with Gasteiger partial charge in [0, 0.05) is 39.3 Å². The maximum Gasteiger partial charge on any atom is 0.191 e. The second-order valence-electron chi connectivity index (χ2n) is 6.77. The number of aliphatic imine (C=N–C) groups is 1. The number of halogens is 2. The van der Waals surface area contributed by atoms with Gasteiger partial charge in [-0.1, -0.05) is 36.4 Å². The zero-order valence-corrected chi connectivity index (χ0v) is 18.2. The van der Waals surface area contributed by atoms with E-state index in [1.54, 1.807) is 13.1 Å². The van der Waals surface area contributed by atoms with E-state index < -0.39 is 0 Å². The number of rotatable bonds is 5. The van der Waals surface area contributed by atoms with Gasteiger partial charge in [0.1, 0.15) is 5.82 Å². The van der Waals surface area contributed by atoms with Crippen LogP contribution in [0.5, 0.6) is 0 Å². The number of fused-ring (bicyclic) bond motifs is 1. The minimum Gasteiger partial charge on any atom is -0.355 e. The Morgan fingerprint density at radius 3 is 2.67 bits per heavy atom. The minimum atomic E-state index is -0.216. The lowest BCUT2D eigenvalue weighted by Crippen LogP contribution is -2.47. The predicted molar refractivity (Wildman–Crippen MR) is 120 cm³/mol. The van der Waals surface area contributed by atoms with Crippen molar-refractivity contribution in [3.63, 3.8) is 0 Å². The van der Waals surface area contributed by atoms with Gasteiger partial charge in [-0.25, -0.2) is 4.39 Å². The van der Waals surface area contributed by atoms with Gasteiger partial charge in [-0.3, -0.25) is 9.89 Å². The van der Waals surface area contributed by atoms with Crippen LogP contribution >= 0.6 is 24.0 Å². The van der Waals surface area contributed by atoms with Crippen molar-refractivity contribution in [3.8, 4) is 0 Å². The van der Waals surface area contributed by atoms with Crippen molar-refractivity contribution >= 4 is 29.9 Å². The first-order valence-corrected chi connectivity index (χ1v) is 9.15. The lowest BCUT2D eigenvalue weighted by molar-refractivity contribution is 0.191. The summed E-state index contributed by atoms with van der Waals surface area (Å²) in [5.74, 6) is 0.518. The van der Waals surface area contributed by atoms with Crippen LogP contribution in [-0.4, -0.2) is 37.0 Å². The summed E-state index contributed by atoms with van der Waals surface area (Å²) < 4.78 is 13.3. The fraction of sp³-hybridized carbons (Fsp3) is 0.381. The van der Waals surface area contributed by atoms with Gasteiger partial charge in [0.15, 0.2) is 5.96 Å². The SMILES string of the molecule is CN=C(NCc1cccc(F)c1)NCC(C)N1CCc2ccccc2C1.I. The summed E-state index contributed by atoms with van der Waals surface area (Å²) in [5, 5.41) is 6.62. The lowest BCUT2D eigenvalue weighted by Gasteiger charge is -2.34. The number of benzene rings is 2. The summed E-state index contributed by atoms with van der Waals surface area (Å²) in [6, 6.07) is 15.7. The Labute approximate surface area is 178 Å². The zero-order valence-electron chi connectivity index (χ0n) is 15.9. The Balaban J connectivity index is 0.00000261. The highest BCUT2D eigenvalue weighted by molar-refractivity contribution is 14.0. The lowest BCUT2D eigenvalue weighted by atomic mass is 9.99. The van der Waals surface area contributed by atoms with Crippen molar-refractivity contribution in [3.05, 3.63) is 71.0 Å². The largest absolute Gasteiger partial charge is 0.355 e. The molecule has 146 valence electrons. The van der Waals surface area contributed by atoms with Crippen LogP contribution in [0.15, 0.2) is 53.5 Å². The van der Waals surface area contributed by atoms with E-state index in [1.807, 2.05) is 6.07 Å². The molecule has 2 aromatic carbocycles. The first kappa shape index (κ1) is 21.6. The minimum absolute atomic E-state index is 0. The van der Waals surface area contributed by atoms with Crippen molar-refractivity contribution < 1.29 is 4.39 Å². The molecule has 27 heavy (non-hydrogen) atoms. The van der Waals surface area contributed by atoms with E-state index in [0.29, 0.717) is 12.6 Å². The van der Waals surface area contributed by atoms with Crippen LogP contribution in [0, 0.1) is 5.82 Å². The first-order chi connectivity index (χ1) is 12.7. The number of nitrogens with one attached hydrogen (secondary N) is 2. The standard InChI is InChI=1S/C21H27FN4.HI/c1-16(26-11-10-18-7-3-4-8-19(18)15-26)13-24-21(23-2)25-14-17-6-5-9-20(22)12-17;/h3-9,12,16H,10-11,13-15H2,1-2H3,(H2,23,24,25);1H. The quantitative estimate of drug-likeness (QED) is 0.389. The molecule has 1 unspecified atom stereocenters. The third kappa shape index (κ3) is 6.17. The van der Waals surface area contributed by atoms with Gasteiger partial charge < -0.3 is 10.6 Å². The van der Waals surface area contributed by atoms with Crippen LogP contribution in [0.4, 0.5) is 4.39 Å². The van der Waals surface area contributed by atoms with Gasteiger partial charge >= 0.3 is 0 Å². The van der Waals surface area contributed by atoms with Crippen molar-refractivity contribution in [2.24, 2.45) is 4.99 Å². The molecule has 0 bridgehead atoms. The number of guanidine groups is 1. The van der Waals surface area contributed by atoms with Crippen molar-refractivity contribution in [1.82, 2.24) is 15.5 Å². The van der Waals surface area contributed by atoms with Gasteiger partial charge in [0.05, 0.1) is 0 Å². The Morgan fingerprint density at radius 2 is 1.93 bits per heavy atom. The maximum absolute atomic E-state index is 13.3. The Kier molecular flexibility index (Phi) is 8.50. The van der Waals surface area contributed by atoms with Crippen LogP contribution < -0.4 is 10.6 Å². The van der Waals surface area contributed by atoms with Crippen LogP contribution in [0.1, 0.15) is 23.6 Å². The summed E-state index contributed by atoms with van der Waals surface area (Å²) >= 11 is 0. The van der Waals surface area contributed by atoms with Gasteiger partial charge in [-0.05, 0) is 42.2 Å². The molecule has 0 fully saturated rings. The van der Waals surface area contributed by atoms with E-state index >= 15 is 0 Å². The van der Waals surface area contributed by atoms with E-state index in [4.69, 9.17) is 0 Å². The van der Waals surface area contributed by atoms with E-state index in [0.717, 1.165) is 37.6 Å². The van der Waals surface area contributed by atoms with Crippen molar-refractivity contribution in [2.45, 2.75) is 32.5 Å². The molecule has 3 rings (SSSR count). The second-order valence-corrected chi connectivity index (χ2v) is 6.77. The Morgan fingerprint density at radius 1 is 1.15 bits per heavy atom. The van der Waals surface area contributed by atoms with Crippen LogP contribution in [0.3, 0.4) is 0 Å². The molecular formula is C21H28FIN4. The fourth-order valence-electron chi connectivity index (χ4n) is 3.32. The Hall–Kier alpha value is -1.67. The fourth-order valence-corrected chi connectivity index (χ4v) is 3.32. The average molecular weight is 482 g/mol. The van der Waals surface area contributed by atoms with Gasteiger partial charge in [-0.2, -0.15) is 0 Å². The molecule has 0 spiro atoms. The molecule has 4 nitrogen and oxygen atoms in total. The van der Waals surface area contributed by atoms with Crippen LogP contribution in [0.2, 0.25) is 0 Å². The molecule has 0 amide bonds. The molecule has 0 aromatic heterocycles. The first-order valence-electron chi connectivity index (χ1n) is 9.15. The highest BCUT2D eigenvalue weighted by Gasteiger charge is 2.20. The number of nitrogens with zero attached hydrogens (tertiary/aromatic N) is 2. The Bertz CT molecular complexity index is 765. The average Bonchev–Trinajstić information content (AvgIpc) is 2.67. The molecule has 1 atom stereocenters. The summed E-state index contributed by atoms with van der Waals surface area (Å²) in [4.78, 5) is 6.76. The smallest absolute Gasteiger partial charge is 0.191 e. The topological polar surface area (TPSA) is 39.7 Å². The second kappa shape index (κ2) is 10.6. The highest BCUT2D eigenvalue weighted by atomic mass is 127. The molecule has 0 saturated heterocycles. The van der Waals surface area contributed by atoms with Gasteiger partial charge in [0.2, 0.25) is 0 Å². The van der Waals surface area contributed by atoms with E-state index in [1.165, 1.54) is 23.3 Å². The molecule has 0 saturated carbocycles. The van der Waals surface area contributed by atoms with Crippen LogP contribution in [-0.2, 0) is 19.5 Å². The molecule has 6 heteroatoms. The zero-order chi connectivity index (χ0) is 18.4. The predicted octanol–water partition coefficient (Wildman–Crippen LogP) is 3.56. The van der Waals surface area contributed by atoms with Crippen LogP contribution in [0.25, 0.3) is 0 Å².